The normalized spacial score (nSPS) is 22.4. The first kappa shape index (κ1) is 17.5. The highest BCUT2D eigenvalue weighted by Crippen LogP contribution is 2.33. The topological polar surface area (TPSA) is 84.0 Å². The molecule has 0 saturated carbocycles. The largest absolute Gasteiger partial charge is 0.495 e. The Morgan fingerprint density at radius 2 is 2.08 bits per heavy atom. The third-order valence-electron chi connectivity index (χ3n) is 4.02. The maximum absolute atomic E-state index is 12.9. The number of methoxy groups -OCH3 is 1. The first-order valence-corrected chi connectivity index (χ1v) is 9.97. The fourth-order valence-electron chi connectivity index (χ4n) is 2.85. The maximum Gasteiger partial charge on any atom is 0.289 e. The lowest BCUT2D eigenvalue weighted by Crippen LogP contribution is -2.41. The molecule has 0 aliphatic carbocycles. The monoisotopic (exact) mass is 390 g/mol. The number of hydrogen-bond donors (Lipinski definition) is 0. The molecular formula is C14H15ClN2O5S2. The highest BCUT2D eigenvalue weighted by Gasteiger charge is 2.42. The van der Waals surface area contributed by atoms with Crippen LogP contribution in [0.1, 0.15) is 6.42 Å². The van der Waals surface area contributed by atoms with Gasteiger partial charge in [0.05, 0.1) is 18.9 Å². The van der Waals surface area contributed by atoms with Crippen molar-refractivity contribution in [3.8, 4) is 5.75 Å². The first-order chi connectivity index (χ1) is 11.3. The molecule has 24 heavy (non-hydrogen) atoms. The van der Waals surface area contributed by atoms with Crippen molar-refractivity contribution >= 4 is 44.5 Å². The van der Waals surface area contributed by atoms with Gasteiger partial charge in [-0.1, -0.05) is 23.4 Å². The third kappa shape index (κ3) is 3.01. The molecule has 10 heteroatoms. The Hall–Kier alpha value is -1.29. The minimum Gasteiger partial charge on any atom is -0.495 e. The van der Waals surface area contributed by atoms with Crippen LogP contribution in [0.4, 0.5) is 4.79 Å². The van der Waals surface area contributed by atoms with Gasteiger partial charge in [0.25, 0.3) is 5.24 Å². The van der Waals surface area contributed by atoms with Crippen molar-refractivity contribution in [2.75, 3.05) is 26.0 Å². The van der Waals surface area contributed by atoms with Crippen molar-refractivity contribution in [1.82, 2.24) is 9.21 Å². The number of carbonyl (C=O) groups is 2. The number of hydrogen-bond acceptors (Lipinski definition) is 6. The van der Waals surface area contributed by atoms with E-state index in [2.05, 4.69) is 0 Å². The average Bonchev–Trinajstić information content (AvgIpc) is 3.14. The second-order valence-corrected chi connectivity index (χ2v) is 8.69. The number of amides is 2. The zero-order chi connectivity index (χ0) is 17.5. The number of rotatable bonds is 4. The molecular weight excluding hydrogens is 376 g/mol. The van der Waals surface area contributed by atoms with Gasteiger partial charge < -0.3 is 4.74 Å². The van der Waals surface area contributed by atoms with Gasteiger partial charge in [0.1, 0.15) is 10.6 Å². The first-order valence-electron chi connectivity index (χ1n) is 7.17. The quantitative estimate of drug-likeness (QED) is 0.779. The highest BCUT2D eigenvalue weighted by molar-refractivity contribution is 8.14. The number of sulfonamides is 1. The summed E-state index contributed by atoms with van der Waals surface area (Å²) in [6.45, 7) is 0.306. The molecule has 0 bridgehead atoms. The summed E-state index contributed by atoms with van der Waals surface area (Å²) in [5.41, 5.74) is 0. The van der Waals surface area contributed by atoms with Crippen LogP contribution in [0.2, 0.25) is 5.02 Å². The Labute approximate surface area is 148 Å². The predicted molar refractivity (Wildman–Crippen MR) is 89.9 cm³/mol. The summed E-state index contributed by atoms with van der Waals surface area (Å²) >= 11 is 6.86. The highest BCUT2D eigenvalue weighted by atomic mass is 35.5. The molecule has 130 valence electrons. The number of nitrogens with zero attached hydrogens (tertiary/aromatic N) is 2. The summed E-state index contributed by atoms with van der Waals surface area (Å²) < 4.78 is 32.1. The van der Waals surface area contributed by atoms with Crippen LogP contribution in [0.15, 0.2) is 23.1 Å². The van der Waals surface area contributed by atoms with E-state index in [0.29, 0.717) is 6.42 Å². The molecule has 2 heterocycles. The molecule has 1 aromatic rings. The van der Waals surface area contributed by atoms with Gasteiger partial charge in [-0.15, -0.1) is 0 Å². The molecule has 3 rings (SSSR count). The molecule has 1 atom stereocenters. The molecule has 7 nitrogen and oxygen atoms in total. The van der Waals surface area contributed by atoms with Crippen LogP contribution in [0, 0.1) is 0 Å². The second kappa shape index (κ2) is 6.55. The van der Waals surface area contributed by atoms with Crippen molar-refractivity contribution in [2.24, 2.45) is 0 Å². The molecule has 1 unspecified atom stereocenters. The number of halogens is 1. The van der Waals surface area contributed by atoms with Crippen molar-refractivity contribution in [3.63, 3.8) is 0 Å². The van der Waals surface area contributed by atoms with Crippen LogP contribution in [0.25, 0.3) is 0 Å². The molecule has 0 N–H and O–H groups in total. The molecule has 2 aliphatic heterocycles. The van der Waals surface area contributed by atoms with E-state index >= 15 is 0 Å². The number of ether oxygens (including phenoxy) is 1. The molecule has 0 aromatic heterocycles. The zero-order valence-corrected chi connectivity index (χ0v) is 15.2. The summed E-state index contributed by atoms with van der Waals surface area (Å²) in [6.07, 6.45) is 0.417. The second-order valence-electron chi connectivity index (χ2n) is 5.42. The molecule has 0 spiro atoms. The maximum atomic E-state index is 12.9. The lowest BCUT2D eigenvalue weighted by Gasteiger charge is -2.22. The van der Waals surface area contributed by atoms with Crippen LogP contribution in [0.3, 0.4) is 0 Å². The van der Waals surface area contributed by atoms with Gasteiger partial charge in [0, 0.05) is 18.1 Å². The Bertz CT molecular complexity index is 782. The number of carbonyl (C=O) groups excluding carboxylic acids is 2. The van der Waals surface area contributed by atoms with Gasteiger partial charge in [0.2, 0.25) is 15.9 Å². The van der Waals surface area contributed by atoms with Crippen LogP contribution in [0.5, 0.6) is 5.75 Å². The van der Waals surface area contributed by atoms with Gasteiger partial charge >= 0.3 is 0 Å². The molecule has 1 aromatic carbocycles. The SMILES string of the molecule is COc1ccc(Cl)cc1S(=O)(=O)N1CCC(N2C(=O)CSC2=O)C1. The summed E-state index contributed by atoms with van der Waals surface area (Å²) in [5.74, 6) is 0.0471. The standard InChI is InChI=1S/C14H15ClN2O5S2/c1-22-11-3-2-9(15)6-12(11)24(20,21)16-5-4-10(7-16)17-13(18)8-23-14(17)19/h2-3,6,10H,4-5,7-8H2,1H3. The lowest BCUT2D eigenvalue weighted by molar-refractivity contribution is -0.126. The Kier molecular flexibility index (Phi) is 4.78. The number of benzene rings is 1. The van der Waals surface area contributed by atoms with Crippen molar-refractivity contribution in [1.29, 1.82) is 0 Å². The van der Waals surface area contributed by atoms with Crippen molar-refractivity contribution in [2.45, 2.75) is 17.4 Å². The molecule has 2 fully saturated rings. The fourth-order valence-corrected chi connectivity index (χ4v) is 5.53. The summed E-state index contributed by atoms with van der Waals surface area (Å²) in [4.78, 5) is 24.8. The molecule has 0 radical (unpaired) electrons. The van der Waals surface area contributed by atoms with Crippen LogP contribution in [-0.4, -0.2) is 60.8 Å². The Morgan fingerprint density at radius 1 is 1.33 bits per heavy atom. The number of thioether (sulfide) groups is 1. The van der Waals surface area contributed by atoms with Gasteiger partial charge in [-0.2, -0.15) is 4.31 Å². The van der Waals surface area contributed by atoms with E-state index in [4.69, 9.17) is 16.3 Å². The molecule has 2 amide bonds. The van der Waals surface area contributed by atoms with Gasteiger partial charge in [-0.25, -0.2) is 8.42 Å². The summed E-state index contributed by atoms with van der Waals surface area (Å²) in [5, 5.41) is -0.0315. The Morgan fingerprint density at radius 3 is 2.71 bits per heavy atom. The Balaban J connectivity index is 1.86. The fraction of sp³-hybridized carbons (Fsp3) is 0.429. The van der Waals surface area contributed by atoms with E-state index in [1.807, 2.05) is 0 Å². The minimum absolute atomic E-state index is 0.0217. The van der Waals surface area contributed by atoms with Gasteiger partial charge in [-0.05, 0) is 24.6 Å². The van der Waals surface area contributed by atoms with Crippen LogP contribution < -0.4 is 4.74 Å². The number of imide groups is 1. The minimum atomic E-state index is -3.83. The average molecular weight is 391 g/mol. The van der Waals surface area contributed by atoms with E-state index < -0.39 is 16.1 Å². The predicted octanol–water partition coefficient (Wildman–Crippen LogP) is 1.81. The van der Waals surface area contributed by atoms with E-state index in [0.717, 1.165) is 11.8 Å². The van der Waals surface area contributed by atoms with E-state index in [1.54, 1.807) is 6.07 Å². The van der Waals surface area contributed by atoms with Crippen molar-refractivity contribution < 1.29 is 22.7 Å². The molecule has 2 aliphatic rings. The molecule has 2 saturated heterocycles. The third-order valence-corrected chi connectivity index (χ3v) is 6.98. The summed E-state index contributed by atoms with van der Waals surface area (Å²) in [6, 6.07) is 3.95. The van der Waals surface area contributed by atoms with Crippen LogP contribution in [-0.2, 0) is 14.8 Å². The summed E-state index contributed by atoms with van der Waals surface area (Å²) in [7, 11) is -2.45. The van der Waals surface area contributed by atoms with E-state index in [9.17, 15) is 18.0 Å². The van der Waals surface area contributed by atoms with Crippen LogP contribution >= 0.6 is 23.4 Å². The van der Waals surface area contributed by atoms with E-state index in [1.165, 1.54) is 28.4 Å². The van der Waals surface area contributed by atoms with Crippen molar-refractivity contribution in [3.05, 3.63) is 23.2 Å². The zero-order valence-electron chi connectivity index (χ0n) is 12.8. The van der Waals surface area contributed by atoms with Gasteiger partial charge in [-0.3, -0.25) is 14.5 Å². The lowest BCUT2D eigenvalue weighted by atomic mass is 10.2. The van der Waals surface area contributed by atoms with E-state index in [-0.39, 0.29) is 45.7 Å². The smallest absolute Gasteiger partial charge is 0.289 e. The van der Waals surface area contributed by atoms with Gasteiger partial charge in [0.15, 0.2) is 0 Å².